The van der Waals surface area contributed by atoms with Gasteiger partial charge >= 0.3 is 5.97 Å². The van der Waals surface area contributed by atoms with Crippen LogP contribution in [0.5, 0.6) is 0 Å². The lowest BCUT2D eigenvalue weighted by Gasteiger charge is -2.08. The van der Waals surface area contributed by atoms with Crippen LogP contribution in [-0.4, -0.2) is 22.8 Å². The molecular formula is C18H14Cl2N2O2. The van der Waals surface area contributed by atoms with Crippen molar-refractivity contribution in [2.75, 3.05) is 6.61 Å². The van der Waals surface area contributed by atoms with Gasteiger partial charge in [0, 0.05) is 26.7 Å². The standard InChI is InChI=1S/C18H14Cl2N2O2/c1-2-24-18(23)17-15(13-5-3-4-6-14(13)20)16(21-22-17)11-7-9-12(19)10-8-11/h3-10H,2H2,1H3,(H,21,22). The second-order valence-corrected chi connectivity index (χ2v) is 5.87. The lowest BCUT2D eigenvalue weighted by Crippen LogP contribution is -2.06. The van der Waals surface area contributed by atoms with E-state index >= 15 is 0 Å². The van der Waals surface area contributed by atoms with Crippen molar-refractivity contribution >= 4 is 29.2 Å². The highest BCUT2D eigenvalue weighted by Crippen LogP contribution is 2.37. The summed E-state index contributed by atoms with van der Waals surface area (Å²) in [5.74, 6) is -0.472. The largest absolute Gasteiger partial charge is 0.461 e. The number of rotatable bonds is 4. The molecule has 3 rings (SSSR count). The highest BCUT2D eigenvalue weighted by molar-refractivity contribution is 6.33. The summed E-state index contributed by atoms with van der Waals surface area (Å²) in [5.41, 5.74) is 3.03. The van der Waals surface area contributed by atoms with Crippen LogP contribution in [0.3, 0.4) is 0 Å². The third kappa shape index (κ3) is 3.16. The predicted octanol–water partition coefficient (Wildman–Crippen LogP) is 5.23. The third-order valence-corrected chi connectivity index (χ3v) is 4.09. The van der Waals surface area contributed by atoms with Crippen LogP contribution in [0.1, 0.15) is 17.4 Å². The van der Waals surface area contributed by atoms with Gasteiger partial charge in [0.15, 0.2) is 5.69 Å². The van der Waals surface area contributed by atoms with E-state index < -0.39 is 5.97 Å². The van der Waals surface area contributed by atoms with Crippen LogP contribution in [0.2, 0.25) is 10.0 Å². The lowest BCUT2D eigenvalue weighted by atomic mass is 9.99. The second kappa shape index (κ2) is 7.07. The zero-order valence-electron chi connectivity index (χ0n) is 12.8. The molecule has 24 heavy (non-hydrogen) atoms. The molecule has 0 fully saturated rings. The Balaban J connectivity index is 2.22. The van der Waals surface area contributed by atoms with Gasteiger partial charge in [0.1, 0.15) is 5.69 Å². The Bertz CT molecular complexity index is 873. The quantitative estimate of drug-likeness (QED) is 0.648. The Morgan fingerprint density at radius 2 is 1.83 bits per heavy atom. The van der Waals surface area contributed by atoms with Gasteiger partial charge in [0.05, 0.1) is 6.61 Å². The van der Waals surface area contributed by atoms with Crippen LogP contribution < -0.4 is 0 Å². The summed E-state index contributed by atoms with van der Waals surface area (Å²) in [4.78, 5) is 12.3. The van der Waals surface area contributed by atoms with Crippen LogP contribution >= 0.6 is 23.2 Å². The first-order valence-corrected chi connectivity index (χ1v) is 8.13. The van der Waals surface area contributed by atoms with E-state index in [0.29, 0.717) is 26.9 Å². The Morgan fingerprint density at radius 1 is 1.12 bits per heavy atom. The number of aromatic nitrogens is 2. The van der Waals surface area contributed by atoms with Crippen molar-refractivity contribution in [1.82, 2.24) is 10.2 Å². The van der Waals surface area contributed by atoms with E-state index in [1.165, 1.54) is 0 Å². The molecule has 3 aromatic rings. The molecule has 1 heterocycles. The maximum atomic E-state index is 12.3. The number of nitrogens with zero attached hydrogens (tertiary/aromatic N) is 1. The first-order valence-electron chi connectivity index (χ1n) is 7.38. The van der Waals surface area contributed by atoms with Crippen molar-refractivity contribution in [2.24, 2.45) is 0 Å². The van der Waals surface area contributed by atoms with Crippen LogP contribution in [0.25, 0.3) is 22.4 Å². The highest BCUT2D eigenvalue weighted by Gasteiger charge is 2.23. The zero-order chi connectivity index (χ0) is 17.1. The summed E-state index contributed by atoms with van der Waals surface area (Å²) in [7, 11) is 0. The number of benzene rings is 2. The molecule has 0 radical (unpaired) electrons. The topological polar surface area (TPSA) is 55.0 Å². The van der Waals surface area contributed by atoms with Crippen LogP contribution in [0.4, 0.5) is 0 Å². The number of H-pyrrole nitrogens is 1. The molecule has 6 heteroatoms. The number of esters is 1. The molecule has 0 saturated carbocycles. The van der Waals surface area contributed by atoms with Gasteiger partial charge in [-0.15, -0.1) is 0 Å². The first-order chi connectivity index (χ1) is 11.6. The molecule has 0 aliphatic carbocycles. The van der Waals surface area contributed by atoms with E-state index in [9.17, 15) is 4.79 Å². The Labute approximate surface area is 149 Å². The number of nitrogens with one attached hydrogen (secondary N) is 1. The van der Waals surface area contributed by atoms with Gasteiger partial charge in [-0.2, -0.15) is 5.10 Å². The number of ether oxygens (including phenoxy) is 1. The average Bonchev–Trinajstić information content (AvgIpc) is 3.01. The smallest absolute Gasteiger partial charge is 0.357 e. The number of hydrogen-bond acceptors (Lipinski definition) is 3. The van der Waals surface area contributed by atoms with Crippen molar-refractivity contribution in [3.05, 3.63) is 64.3 Å². The van der Waals surface area contributed by atoms with Gasteiger partial charge in [-0.25, -0.2) is 4.79 Å². The van der Waals surface area contributed by atoms with Gasteiger partial charge in [-0.3, -0.25) is 5.10 Å². The Hall–Kier alpha value is -2.30. The van der Waals surface area contributed by atoms with Crippen molar-refractivity contribution in [3.8, 4) is 22.4 Å². The Kier molecular flexibility index (Phi) is 4.88. The van der Waals surface area contributed by atoms with E-state index in [0.717, 1.165) is 5.56 Å². The molecule has 0 aliphatic heterocycles. The minimum absolute atomic E-state index is 0.273. The fourth-order valence-electron chi connectivity index (χ4n) is 2.44. The third-order valence-electron chi connectivity index (χ3n) is 3.51. The average molecular weight is 361 g/mol. The maximum Gasteiger partial charge on any atom is 0.357 e. The minimum Gasteiger partial charge on any atom is -0.461 e. The molecule has 0 amide bonds. The molecule has 1 N–H and O–H groups in total. The molecule has 2 aromatic carbocycles. The molecular weight excluding hydrogens is 347 g/mol. The van der Waals surface area contributed by atoms with Gasteiger partial charge < -0.3 is 4.74 Å². The van der Waals surface area contributed by atoms with E-state index in [1.807, 2.05) is 30.3 Å². The SMILES string of the molecule is CCOC(=O)c1[nH]nc(-c2ccc(Cl)cc2)c1-c1ccccc1Cl. The number of aromatic amines is 1. The van der Waals surface area contributed by atoms with Crippen LogP contribution in [0, 0.1) is 0 Å². The van der Waals surface area contributed by atoms with E-state index in [2.05, 4.69) is 10.2 Å². The van der Waals surface area contributed by atoms with Crippen LogP contribution in [0.15, 0.2) is 48.5 Å². The molecule has 0 saturated heterocycles. The molecule has 4 nitrogen and oxygen atoms in total. The van der Waals surface area contributed by atoms with E-state index in [1.54, 1.807) is 25.1 Å². The number of halogens is 2. The summed E-state index contributed by atoms with van der Waals surface area (Å²) in [6, 6.07) is 14.5. The molecule has 122 valence electrons. The highest BCUT2D eigenvalue weighted by atomic mass is 35.5. The number of carbonyl (C=O) groups is 1. The summed E-state index contributed by atoms with van der Waals surface area (Å²) in [6.45, 7) is 2.03. The normalized spacial score (nSPS) is 10.6. The summed E-state index contributed by atoms with van der Waals surface area (Å²) in [5, 5.41) is 8.24. The molecule has 0 aliphatic rings. The van der Waals surface area contributed by atoms with Gasteiger partial charge in [0.25, 0.3) is 0 Å². The van der Waals surface area contributed by atoms with Gasteiger partial charge in [-0.1, -0.05) is 53.5 Å². The molecule has 0 spiro atoms. The van der Waals surface area contributed by atoms with Crippen molar-refractivity contribution in [2.45, 2.75) is 6.92 Å². The van der Waals surface area contributed by atoms with Gasteiger partial charge in [0.2, 0.25) is 0 Å². The van der Waals surface area contributed by atoms with Gasteiger partial charge in [-0.05, 0) is 25.1 Å². The molecule has 0 bridgehead atoms. The lowest BCUT2D eigenvalue weighted by molar-refractivity contribution is 0.0520. The fraction of sp³-hybridized carbons (Fsp3) is 0.111. The maximum absolute atomic E-state index is 12.3. The summed E-state index contributed by atoms with van der Waals surface area (Å²) in [6.07, 6.45) is 0. The molecule has 1 aromatic heterocycles. The molecule has 0 atom stereocenters. The van der Waals surface area contributed by atoms with Crippen molar-refractivity contribution < 1.29 is 9.53 Å². The molecule has 0 unspecified atom stereocenters. The zero-order valence-corrected chi connectivity index (χ0v) is 14.4. The predicted molar refractivity (Wildman–Crippen MR) is 95.4 cm³/mol. The van der Waals surface area contributed by atoms with Crippen LogP contribution in [-0.2, 0) is 4.74 Å². The first kappa shape index (κ1) is 16.6. The monoisotopic (exact) mass is 360 g/mol. The number of carbonyl (C=O) groups excluding carboxylic acids is 1. The van der Waals surface area contributed by atoms with E-state index in [4.69, 9.17) is 27.9 Å². The van der Waals surface area contributed by atoms with Crippen molar-refractivity contribution in [3.63, 3.8) is 0 Å². The minimum atomic E-state index is -0.472. The second-order valence-electron chi connectivity index (χ2n) is 5.03. The fourth-order valence-corrected chi connectivity index (χ4v) is 2.79. The summed E-state index contributed by atoms with van der Waals surface area (Å²) >= 11 is 12.3. The Morgan fingerprint density at radius 3 is 2.50 bits per heavy atom. The van der Waals surface area contributed by atoms with Crippen molar-refractivity contribution in [1.29, 1.82) is 0 Å². The number of hydrogen-bond donors (Lipinski definition) is 1. The summed E-state index contributed by atoms with van der Waals surface area (Å²) < 4.78 is 5.12. The van der Waals surface area contributed by atoms with E-state index in [-0.39, 0.29) is 12.3 Å².